The van der Waals surface area contributed by atoms with Crippen molar-refractivity contribution in [1.82, 2.24) is 4.90 Å². The highest BCUT2D eigenvalue weighted by atomic mass is 35.5. The fourth-order valence-corrected chi connectivity index (χ4v) is 3.80. The molecule has 1 aliphatic rings. The Morgan fingerprint density at radius 2 is 1.68 bits per heavy atom. The number of halogens is 3. The lowest BCUT2D eigenvalue weighted by molar-refractivity contribution is -0.0277. The number of nitrogens with zero attached hydrogens (tertiary/aromatic N) is 2. The van der Waals surface area contributed by atoms with E-state index in [1.807, 2.05) is 38.1 Å². The molecule has 1 heterocycles. The van der Waals surface area contributed by atoms with Crippen molar-refractivity contribution < 1.29 is 14.2 Å². The molecule has 31 heavy (non-hydrogen) atoms. The highest BCUT2D eigenvalue weighted by molar-refractivity contribution is 5.85. The van der Waals surface area contributed by atoms with Crippen LogP contribution < -0.4 is 9.64 Å². The lowest BCUT2D eigenvalue weighted by Gasteiger charge is -2.39. The number of hydrogen-bond acceptors (Lipinski definition) is 4. The van der Waals surface area contributed by atoms with Crippen molar-refractivity contribution in [1.29, 1.82) is 0 Å². The summed E-state index contributed by atoms with van der Waals surface area (Å²) in [5.41, 5.74) is 1.19. The first-order valence-corrected chi connectivity index (χ1v) is 10.5. The number of anilines is 1. The molecule has 7 heteroatoms. The first kappa shape index (κ1) is 27.5. The molecule has 1 N–H and O–H groups in total. The first-order chi connectivity index (χ1) is 13.8. The zero-order chi connectivity index (χ0) is 20.9. The maximum Gasteiger partial charge on any atom is 0.127 e. The van der Waals surface area contributed by atoms with Gasteiger partial charge in [0.15, 0.2) is 0 Å². The van der Waals surface area contributed by atoms with Crippen LogP contribution in [0.4, 0.5) is 10.1 Å². The van der Waals surface area contributed by atoms with Crippen LogP contribution in [0.25, 0.3) is 0 Å². The molecule has 2 aromatic carbocycles. The average molecular weight is 473 g/mol. The molecule has 0 spiro atoms. The molecule has 1 aliphatic heterocycles. The van der Waals surface area contributed by atoms with Crippen molar-refractivity contribution in [3.63, 3.8) is 0 Å². The molecule has 0 radical (unpaired) electrons. The predicted molar refractivity (Wildman–Crippen MR) is 130 cm³/mol. The minimum Gasteiger partial charge on any atom is -0.491 e. The number of hydrogen-bond donors (Lipinski definition) is 1. The van der Waals surface area contributed by atoms with Gasteiger partial charge >= 0.3 is 0 Å². The van der Waals surface area contributed by atoms with Crippen LogP contribution in [0.1, 0.15) is 38.7 Å². The highest BCUT2D eigenvalue weighted by Gasteiger charge is 2.32. The van der Waals surface area contributed by atoms with Gasteiger partial charge in [0.05, 0.1) is 11.7 Å². The second-order valence-electron chi connectivity index (χ2n) is 8.42. The smallest absolute Gasteiger partial charge is 0.127 e. The monoisotopic (exact) mass is 472 g/mol. The van der Waals surface area contributed by atoms with E-state index in [1.54, 1.807) is 6.07 Å². The Bertz CT molecular complexity index is 781. The van der Waals surface area contributed by atoms with E-state index in [9.17, 15) is 9.50 Å². The summed E-state index contributed by atoms with van der Waals surface area (Å²) in [5.74, 6) is 0.720. The van der Waals surface area contributed by atoms with Crippen molar-refractivity contribution in [3.05, 3.63) is 59.9 Å². The highest BCUT2D eigenvalue weighted by Crippen LogP contribution is 2.28. The summed E-state index contributed by atoms with van der Waals surface area (Å²) in [6.07, 6.45) is 2.32. The quantitative estimate of drug-likeness (QED) is 0.564. The van der Waals surface area contributed by atoms with Gasteiger partial charge in [0.25, 0.3) is 0 Å². The zero-order valence-electron chi connectivity index (χ0n) is 18.6. The summed E-state index contributed by atoms with van der Waals surface area (Å²) in [4.78, 5) is 4.40. The topological polar surface area (TPSA) is 35.9 Å². The molecule has 4 nitrogen and oxygen atoms in total. The van der Waals surface area contributed by atoms with E-state index >= 15 is 0 Å². The third kappa shape index (κ3) is 8.15. The van der Waals surface area contributed by atoms with Crippen molar-refractivity contribution in [2.45, 2.75) is 51.4 Å². The van der Waals surface area contributed by atoms with E-state index in [1.165, 1.54) is 6.07 Å². The van der Waals surface area contributed by atoms with Crippen molar-refractivity contribution in [2.75, 3.05) is 31.6 Å². The van der Waals surface area contributed by atoms with Crippen LogP contribution in [0, 0.1) is 5.82 Å². The van der Waals surface area contributed by atoms with Gasteiger partial charge in [-0.3, -0.25) is 4.90 Å². The van der Waals surface area contributed by atoms with Gasteiger partial charge in [0.1, 0.15) is 11.6 Å². The summed E-state index contributed by atoms with van der Waals surface area (Å²) in [7, 11) is 2.05. The van der Waals surface area contributed by atoms with E-state index in [0.29, 0.717) is 6.54 Å². The van der Waals surface area contributed by atoms with Crippen LogP contribution in [0.3, 0.4) is 0 Å². The molecular weight excluding hydrogens is 438 g/mol. The normalized spacial score (nSPS) is 15.7. The summed E-state index contributed by atoms with van der Waals surface area (Å²) in [6, 6.07) is 15.0. The number of rotatable bonds is 8. The van der Waals surface area contributed by atoms with Gasteiger partial charge in [0, 0.05) is 44.5 Å². The molecule has 0 amide bonds. The standard InChI is InChI=1S/C24H33FN2O2.2ClH/c1-19(2)29-22-10-8-21(9-11-22)26(3)15-12-24(28)13-16-27(17-14-24)18-20-6-4-5-7-23(20)25;;/h4-11,19,28H,12-18H2,1-3H3;2*1H. The van der Waals surface area contributed by atoms with Crippen molar-refractivity contribution in [3.8, 4) is 5.75 Å². The van der Waals surface area contributed by atoms with Gasteiger partial charge in [-0.25, -0.2) is 4.39 Å². The van der Waals surface area contributed by atoms with Gasteiger partial charge in [0.2, 0.25) is 0 Å². The fraction of sp³-hybridized carbons (Fsp3) is 0.500. The summed E-state index contributed by atoms with van der Waals surface area (Å²) >= 11 is 0. The molecular formula is C24H35Cl2FN2O2. The maximum absolute atomic E-state index is 13.9. The largest absolute Gasteiger partial charge is 0.491 e. The van der Waals surface area contributed by atoms with Gasteiger partial charge in [-0.2, -0.15) is 0 Å². The summed E-state index contributed by atoms with van der Waals surface area (Å²) in [5, 5.41) is 11.0. The van der Waals surface area contributed by atoms with Crippen LogP contribution >= 0.6 is 24.8 Å². The van der Waals surface area contributed by atoms with Crippen LogP contribution in [0.15, 0.2) is 48.5 Å². The van der Waals surface area contributed by atoms with Crippen molar-refractivity contribution >= 4 is 30.5 Å². The second-order valence-corrected chi connectivity index (χ2v) is 8.42. The van der Waals surface area contributed by atoms with Gasteiger partial charge < -0.3 is 14.7 Å². The third-order valence-electron chi connectivity index (χ3n) is 5.70. The Hall–Kier alpha value is -1.53. The molecule has 0 bridgehead atoms. The Morgan fingerprint density at radius 3 is 2.26 bits per heavy atom. The number of likely N-dealkylation sites (tertiary alicyclic amines) is 1. The third-order valence-corrected chi connectivity index (χ3v) is 5.70. The van der Waals surface area contributed by atoms with E-state index in [2.05, 4.69) is 29.0 Å². The van der Waals surface area contributed by atoms with E-state index in [-0.39, 0.29) is 36.7 Å². The SMILES string of the molecule is CC(C)Oc1ccc(N(C)CCC2(O)CCN(Cc3ccccc3F)CC2)cc1.Cl.Cl. The predicted octanol–water partition coefficient (Wildman–Crippen LogP) is 5.31. The Morgan fingerprint density at radius 1 is 1.06 bits per heavy atom. The minimum absolute atomic E-state index is 0. The average Bonchev–Trinajstić information content (AvgIpc) is 2.70. The van der Waals surface area contributed by atoms with Crippen LogP contribution in [0.5, 0.6) is 5.75 Å². The number of ether oxygens (including phenoxy) is 1. The van der Waals surface area contributed by atoms with E-state index in [4.69, 9.17) is 4.74 Å². The molecule has 0 unspecified atom stereocenters. The Labute approximate surface area is 198 Å². The zero-order valence-corrected chi connectivity index (χ0v) is 20.2. The van der Waals surface area contributed by atoms with Crippen LogP contribution in [-0.2, 0) is 6.54 Å². The Kier molecular flexibility index (Phi) is 11.1. The van der Waals surface area contributed by atoms with Crippen LogP contribution in [-0.4, -0.2) is 48.4 Å². The lowest BCUT2D eigenvalue weighted by Crippen LogP contribution is -2.45. The number of aliphatic hydroxyl groups is 1. The summed E-state index contributed by atoms with van der Waals surface area (Å²) in [6.45, 7) is 7.00. The molecule has 2 aromatic rings. The van der Waals surface area contributed by atoms with E-state index < -0.39 is 5.60 Å². The van der Waals surface area contributed by atoms with Gasteiger partial charge in [-0.1, -0.05) is 18.2 Å². The summed E-state index contributed by atoms with van der Waals surface area (Å²) < 4.78 is 19.6. The Balaban J connectivity index is 0.00000240. The number of benzene rings is 2. The molecule has 0 atom stereocenters. The second kappa shape index (κ2) is 12.5. The van der Waals surface area contributed by atoms with E-state index in [0.717, 1.165) is 55.9 Å². The van der Waals surface area contributed by atoms with Gasteiger partial charge in [-0.05, 0) is 63.4 Å². The molecule has 0 aliphatic carbocycles. The molecule has 3 rings (SSSR count). The lowest BCUT2D eigenvalue weighted by atomic mass is 9.88. The molecule has 0 aromatic heterocycles. The maximum atomic E-state index is 13.9. The first-order valence-electron chi connectivity index (χ1n) is 10.5. The minimum atomic E-state index is -0.652. The molecule has 1 fully saturated rings. The molecule has 174 valence electrons. The fourth-order valence-electron chi connectivity index (χ4n) is 3.80. The number of piperidine rings is 1. The van der Waals surface area contributed by atoms with Crippen LogP contribution in [0.2, 0.25) is 0 Å². The molecule has 0 saturated carbocycles. The molecule has 1 saturated heterocycles. The van der Waals surface area contributed by atoms with Crippen molar-refractivity contribution in [2.24, 2.45) is 0 Å². The van der Waals surface area contributed by atoms with Gasteiger partial charge in [-0.15, -0.1) is 24.8 Å².